The van der Waals surface area contributed by atoms with Crippen LogP contribution in [0.25, 0.3) is 10.8 Å². The second-order valence-corrected chi connectivity index (χ2v) is 6.30. The Balaban J connectivity index is 1.81. The van der Waals surface area contributed by atoms with Crippen molar-refractivity contribution >= 4 is 42.6 Å². The summed E-state index contributed by atoms with van der Waals surface area (Å²) in [5.41, 5.74) is 1.14. The maximum atomic E-state index is 5.87. The third-order valence-corrected chi connectivity index (χ3v) is 4.39. The minimum atomic E-state index is 0.559. The summed E-state index contributed by atoms with van der Waals surface area (Å²) in [5.74, 6) is 0.885. The molecule has 0 spiro atoms. The number of hydrogen-bond acceptors (Lipinski definition) is 1. The number of halogens is 2. The van der Waals surface area contributed by atoms with E-state index in [9.17, 15) is 0 Å². The summed E-state index contributed by atoms with van der Waals surface area (Å²) in [6.45, 7) is 0.559. The number of hydrogen-bond donors (Lipinski definition) is 0. The molecule has 0 aliphatic rings. The van der Waals surface area contributed by atoms with Crippen molar-refractivity contribution in [2.75, 3.05) is 0 Å². The van der Waals surface area contributed by atoms with Crippen molar-refractivity contribution in [2.24, 2.45) is 0 Å². The lowest BCUT2D eigenvalue weighted by molar-refractivity contribution is 0.306. The fourth-order valence-electron chi connectivity index (χ4n) is 2.06. The van der Waals surface area contributed by atoms with Gasteiger partial charge in [0.15, 0.2) is 0 Å². The van der Waals surface area contributed by atoms with E-state index in [0.717, 1.165) is 20.3 Å². The quantitative estimate of drug-likeness (QED) is 0.536. The molecule has 0 N–H and O–H groups in total. The Hall–Kier alpha value is -1.32. The summed E-state index contributed by atoms with van der Waals surface area (Å²) in [6.07, 6.45) is 0. The van der Waals surface area contributed by atoms with Crippen LogP contribution in [0.15, 0.2) is 69.6 Å². The molecule has 0 aliphatic heterocycles. The first-order valence-corrected chi connectivity index (χ1v) is 7.86. The predicted molar refractivity (Wildman–Crippen MR) is 90.1 cm³/mol. The summed E-state index contributed by atoms with van der Waals surface area (Å²) >= 11 is 7.02. The van der Waals surface area contributed by atoms with Gasteiger partial charge in [0.1, 0.15) is 12.4 Å². The smallest absolute Gasteiger partial charge is 0.120 e. The van der Waals surface area contributed by atoms with Crippen molar-refractivity contribution in [3.63, 3.8) is 0 Å². The first-order valence-electron chi connectivity index (χ1n) is 6.28. The largest absolute Gasteiger partial charge is 0.489 e. The molecule has 0 aliphatic carbocycles. The van der Waals surface area contributed by atoms with Gasteiger partial charge in [0.25, 0.3) is 0 Å². The maximum Gasteiger partial charge on any atom is 0.120 e. The molecule has 3 heteroatoms. The Bertz CT molecular complexity index is 753. The topological polar surface area (TPSA) is 9.23 Å². The van der Waals surface area contributed by atoms with Crippen LogP contribution in [0.3, 0.4) is 0 Å². The Labute approximate surface area is 134 Å². The predicted octanol–water partition coefficient (Wildman–Crippen LogP) is 5.94. The molecule has 20 heavy (non-hydrogen) atoms. The molecule has 0 unspecified atom stereocenters. The second-order valence-electron chi connectivity index (χ2n) is 4.53. The number of benzene rings is 3. The van der Waals surface area contributed by atoms with Crippen LogP contribution in [0.5, 0.6) is 5.75 Å². The van der Waals surface area contributed by atoms with Gasteiger partial charge in [-0.2, -0.15) is 0 Å². The Morgan fingerprint density at radius 3 is 2.40 bits per heavy atom. The van der Waals surface area contributed by atoms with Crippen LogP contribution in [0.4, 0.5) is 0 Å². The van der Waals surface area contributed by atoms with E-state index in [1.807, 2.05) is 30.3 Å². The van der Waals surface area contributed by atoms with Gasteiger partial charge in [-0.05, 0) is 41.1 Å². The molecule has 3 aromatic carbocycles. The highest BCUT2D eigenvalue weighted by Gasteiger charge is 2.01. The van der Waals surface area contributed by atoms with E-state index in [4.69, 9.17) is 4.74 Å². The normalized spacial score (nSPS) is 10.7. The van der Waals surface area contributed by atoms with Crippen LogP contribution in [0, 0.1) is 0 Å². The van der Waals surface area contributed by atoms with E-state index < -0.39 is 0 Å². The van der Waals surface area contributed by atoms with Gasteiger partial charge in [0.2, 0.25) is 0 Å². The minimum Gasteiger partial charge on any atom is -0.489 e. The third kappa shape index (κ3) is 3.05. The Morgan fingerprint density at radius 2 is 1.55 bits per heavy atom. The molecule has 0 aromatic heterocycles. The van der Waals surface area contributed by atoms with Gasteiger partial charge in [-0.15, -0.1) is 0 Å². The third-order valence-electron chi connectivity index (χ3n) is 3.13. The molecule has 0 bridgehead atoms. The lowest BCUT2D eigenvalue weighted by Gasteiger charge is -2.09. The van der Waals surface area contributed by atoms with Gasteiger partial charge in [0.05, 0.1) is 0 Å². The summed E-state index contributed by atoms with van der Waals surface area (Å²) in [4.78, 5) is 0. The number of rotatable bonds is 3. The van der Waals surface area contributed by atoms with Crippen LogP contribution in [0.1, 0.15) is 5.56 Å². The number of ether oxygens (including phenoxy) is 1. The van der Waals surface area contributed by atoms with Gasteiger partial charge < -0.3 is 4.74 Å². The van der Waals surface area contributed by atoms with Crippen molar-refractivity contribution < 1.29 is 4.74 Å². The molecule has 0 heterocycles. The van der Waals surface area contributed by atoms with Crippen LogP contribution < -0.4 is 4.74 Å². The average Bonchev–Trinajstić information content (AvgIpc) is 2.46. The van der Waals surface area contributed by atoms with Gasteiger partial charge >= 0.3 is 0 Å². The van der Waals surface area contributed by atoms with Gasteiger partial charge in [0, 0.05) is 14.5 Å². The molecule has 0 atom stereocenters. The van der Waals surface area contributed by atoms with E-state index in [0.29, 0.717) is 6.61 Å². The van der Waals surface area contributed by atoms with Crippen LogP contribution in [-0.2, 0) is 6.61 Å². The molecule has 3 rings (SSSR count). The van der Waals surface area contributed by atoms with Crippen molar-refractivity contribution in [1.82, 2.24) is 0 Å². The fourth-order valence-corrected chi connectivity index (χ4v) is 2.84. The molecule has 0 fully saturated rings. The molecule has 100 valence electrons. The highest BCUT2D eigenvalue weighted by Crippen LogP contribution is 2.25. The van der Waals surface area contributed by atoms with E-state index in [1.165, 1.54) is 10.8 Å². The highest BCUT2D eigenvalue weighted by atomic mass is 79.9. The highest BCUT2D eigenvalue weighted by molar-refractivity contribution is 9.10. The first-order chi connectivity index (χ1) is 9.72. The van der Waals surface area contributed by atoms with Crippen molar-refractivity contribution in [2.45, 2.75) is 6.61 Å². The van der Waals surface area contributed by atoms with Crippen molar-refractivity contribution in [3.05, 3.63) is 75.2 Å². The molecule has 0 saturated carbocycles. The zero-order valence-corrected chi connectivity index (χ0v) is 13.8. The number of fused-ring (bicyclic) bond motifs is 1. The molecule has 3 aromatic rings. The Kier molecular flexibility index (Phi) is 4.08. The summed E-state index contributed by atoms with van der Waals surface area (Å²) in [7, 11) is 0. The maximum absolute atomic E-state index is 5.87. The van der Waals surface area contributed by atoms with Crippen LogP contribution in [-0.4, -0.2) is 0 Å². The van der Waals surface area contributed by atoms with Gasteiger partial charge in [-0.1, -0.05) is 62.2 Å². The SMILES string of the molecule is Brc1ccc2cc(OCc3ccccc3Br)ccc2c1. The van der Waals surface area contributed by atoms with E-state index in [-0.39, 0.29) is 0 Å². The molecular weight excluding hydrogens is 380 g/mol. The van der Waals surface area contributed by atoms with Crippen molar-refractivity contribution in [3.8, 4) is 5.75 Å². The van der Waals surface area contributed by atoms with Crippen LogP contribution in [0.2, 0.25) is 0 Å². The molecular formula is C17H12Br2O. The van der Waals surface area contributed by atoms with Gasteiger partial charge in [-0.3, -0.25) is 0 Å². The monoisotopic (exact) mass is 390 g/mol. The summed E-state index contributed by atoms with van der Waals surface area (Å²) in [5, 5.41) is 2.38. The zero-order valence-electron chi connectivity index (χ0n) is 10.6. The summed E-state index contributed by atoms with van der Waals surface area (Å²) in [6, 6.07) is 20.5. The second kappa shape index (κ2) is 5.98. The van der Waals surface area contributed by atoms with Gasteiger partial charge in [-0.25, -0.2) is 0 Å². The average molecular weight is 392 g/mol. The minimum absolute atomic E-state index is 0.559. The van der Waals surface area contributed by atoms with Crippen molar-refractivity contribution in [1.29, 1.82) is 0 Å². The van der Waals surface area contributed by atoms with E-state index in [2.05, 4.69) is 62.2 Å². The lowest BCUT2D eigenvalue weighted by Crippen LogP contribution is -1.96. The summed E-state index contributed by atoms with van der Waals surface area (Å²) < 4.78 is 8.03. The van der Waals surface area contributed by atoms with E-state index >= 15 is 0 Å². The first kappa shape index (κ1) is 13.7. The molecule has 0 amide bonds. The Morgan fingerprint density at radius 1 is 0.800 bits per heavy atom. The molecule has 0 radical (unpaired) electrons. The lowest BCUT2D eigenvalue weighted by atomic mass is 10.1. The van der Waals surface area contributed by atoms with Crippen LogP contribution >= 0.6 is 31.9 Å². The van der Waals surface area contributed by atoms with E-state index in [1.54, 1.807) is 0 Å². The standard InChI is InChI=1S/C17H12Br2O/c18-15-7-5-13-10-16(8-6-12(13)9-15)20-11-14-3-1-2-4-17(14)19/h1-10H,11H2. The zero-order chi connectivity index (χ0) is 13.9. The molecule has 1 nitrogen and oxygen atoms in total. The molecule has 0 saturated heterocycles. The fraction of sp³-hybridized carbons (Fsp3) is 0.0588.